The van der Waals surface area contributed by atoms with Crippen molar-refractivity contribution >= 4 is 22.9 Å². The average molecular weight is 228 g/mol. The Morgan fingerprint density at radius 3 is 2.86 bits per heavy atom. The van der Waals surface area contributed by atoms with Gasteiger partial charge in [-0.25, -0.2) is 0 Å². The molecule has 1 saturated heterocycles. The van der Waals surface area contributed by atoms with Gasteiger partial charge in [-0.3, -0.25) is 0 Å². The summed E-state index contributed by atoms with van der Waals surface area (Å²) >= 11 is 8.07. The molecule has 2 aliphatic rings. The molecule has 1 unspecified atom stereocenters. The first kappa shape index (κ1) is 9.20. The van der Waals surface area contributed by atoms with Crippen molar-refractivity contribution in [3.8, 4) is 0 Å². The predicted molar refractivity (Wildman–Crippen MR) is 61.0 cm³/mol. The van der Waals surface area contributed by atoms with Crippen molar-refractivity contribution < 1.29 is 0 Å². The van der Waals surface area contributed by atoms with Crippen LogP contribution in [0.2, 0.25) is 5.02 Å². The Balaban J connectivity index is 2.03. The second kappa shape index (κ2) is 3.22. The monoisotopic (exact) mass is 227 g/mol. The highest BCUT2D eigenvalue weighted by molar-refractivity contribution is 7.10. The molecule has 1 aromatic heterocycles. The first-order valence-electron chi connectivity index (χ1n) is 5.31. The van der Waals surface area contributed by atoms with E-state index in [0.29, 0.717) is 0 Å². The third-order valence-electron chi connectivity index (χ3n) is 3.48. The smallest absolute Gasteiger partial charge is 0.0572 e. The highest BCUT2D eigenvalue weighted by atomic mass is 35.5. The highest BCUT2D eigenvalue weighted by Crippen LogP contribution is 2.53. The van der Waals surface area contributed by atoms with Crippen molar-refractivity contribution in [1.29, 1.82) is 0 Å². The number of rotatable bonds is 2. The lowest BCUT2D eigenvalue weighted by Crippen LogP contribution is -2.38. The third-order valence-corrected chi connectivity index (χ3v) is 5.00. The summed E-state index contributed by atoms with van der Waals surface area (Å²) in [4.78, 5) is 1.39. The Labute approximate surface area is 93.5 Å². The normalized spacial score (nSPS) is 32.4. The molecule has 14 heavy (non-hydrogen) atoms. The van der Waals surface area contributed by atoms with Crippen LogP contribution in [0.3, 0.4) is 0 Å². The molecule has 1 N–H and O–H groups in total. The number of hydrogen-bond acceptors (Lipinski definition) is 2. The van der Waals surface area contributed by atoms with E-state index in [1.54, 1.807) is 0 Å². The second-order valence-electron chi connectivity index (χ2n) is 4.37. The molecule has 1 aliphatic heterocycles. The van der Waals surface area contributed by atoms with Crippen LogP contribution in [0, 0.1) is 5.92 Å². The SMILES string of the molecule is Clc1ccsc1C1(C2CC2)CCCN1. The van der Waals surface area contributed by atoms with Crippen LogP contribution in [0.1, 0.15) is 30.6 Å². The fraction of sp³-hybridized carbons (Fsp3) is 0.636. The van der Waals surface area contributed by atoms with E-state index in [1.807, 2.05) is 17.4 Å². The zero-order valence-electron chi connectivity index (χ0n) is 8.05. The van der Waals surface area contributed by atoms with Gasteiger partial charge in [-0.1, -0.05) is 11.6 Å². The van der Waals surface area contributed by atoms with Gasteiger partial charge >= 0.3 is 0 Å². The summed E-state index contributed by atoms with van der Waals surface area (Å²) in [5.74, 6) is 0.848. The lowest BCUT2D eigenvalue weighted by atomic mass is 9.89. The molecule has 0 amide bonds. The van der Waals surface area contributed by atoms with Crippen LogP contribution in [-0.2, 0) is 5.54 Å². The molecule has 0 aromatic carbocycles. The predicted octanol–water partition coefficient (Wildman–Crippen LogP) is 3.39. The molecule has 0 radical (unpaired) electrons. The van der Waals surface area contributed by atoms with E-state index >= 15 is 0 Å². The molecule has 0 bridgehead atoms. The first-order valence-corrected chi connectivity index (χ1v) is 6.57. The third kappa shape index (κ3) is 1.24. The van der Waals surface area contributed by atoms with Crippen molar-refractivity contribution in [2.24, 2.45) is 5.92 Å². The lowest BCUT2D eigenvalue weighted by molar-refractivity contribution is 0.343. The molecule has 3 heteroatoms. The van der Waals surface area contributed by atoms with E-state index in [-0.39, 0.29) is 5.54 Å². The van der Waals surface area contributed by atoms with Crippen LogP contribution in [0.4, 0.5) is 0 Å². The van der Waals surface area contributed by atoms with Gasteiger partial charge in [0, 0.05) is 4.88 Å². The quantitative estimate of drug-likeness (QED) is 0.817. The van der Waals surface area contributed by atoms with Gasteiger partial charge < -0.3 is 5.32 Å². The second-order valence-corrected chi connectivity index (χ2v) is 5.70. The van der Waals surface area contributed by atoms with Crippen LogP contribution >= 0.6 is 22.9 Å². The maximum absolute atomic E-state index is 6.25. The minimum absolute atomic E-state index is 0.255. The summed E-state index contributed by atoms with van der Waals surface area (Å²) in [5, 5.41) is 6.78. The van der Waals surface area contributed by atoms with Crippen molar-refractivity contribution in [1.82, 2.24) is 5.32 Å². The fourth-order valence-electron chi connectivity index (χ4n) is 2.68. The molecule has 76 valence electrons. The van der Waals surface area contributed by atoms with Crippen LogP contribution in [0.15, 0.2) is 11.4 Å². The molecular formula is C11H14ClNS. The molecular weight excluding hydrogens is 214 g/mol. The van der Waals surface area contributed by atoms with E-state index in [9.17, 15) is 0 Å². The van der Waals surface area contributed by atoms with Crippen molar-refractivity contribution in [2.45, 2.75) is 31.2 Å². The Morgan fingerprint density at radius 1 is 1.50 bits per heavy atom. The summed E-state index contributed by atoms with van der Waals surface area (Å²) in [6, 6.07) is 2.03. The molecule has 0 spiro atoms. The zero-order chi connectivity index (χ0) is 9.60. The summed E-state index contributed by atoms with van der Waals surface area (Å²) < 4.78 is 0. The van der Waals surface area contributed by atoms with Gasteiger partial charge in [-0.15, -0.1) is 11.3 Å². The van der Waals surface area contributed by atoms with E-state index in [1.165, 1.54) is 30.6 Å². The van der Waals surface area contributed by atoms with Gasteiger partial charge in [0.05, 0.1) is 10.6 Å². The zero-order valence-corrected chi connectivity index (χ0v) is 9.63. The maximum Gasteiger partial charge on any atom is 0.0572 e. The highest BCUT2D eigenvalue weighted by Gasteiger charge is 2.49. The molecule has 1 aromatic rings. The van der Waals surface area contributed by atoms with Gasteiger partial charge in [0.15, 0.2) is 0 Å². The lowest BCUT2D eigenvalue weighted by Gasteiger charge is -2.29. The van der Waals surface area contributed by atoms with Crippen LogP contribution < -0.4 is 5.32 Å². The molecule has 3 rings (SSSR count). The summed E-state index contributed by atoms with van der Waals surface area (Å²) in [6.07, 6.45) is 5.32. The summed E-state index contributed by atoms with van der Waals surface area (Å²) in [6.45, 7) is 1.16. The Morgan fingerprint density at radius 2 is 2.36 bits per heavy atom. The summed E-state index contributed by atoms with van der Waals surface area (Å²) in [5.41, 5.74) is 0.255. The minimum atomic E-state index is 0.255. The molecule has 1 saturated carbocycles. The van der Waals surface area contributed by atoms with Gasteiger partial charge in [0.2, 0.25) is 0 Å². The minimum Gasteiger partial charge on any atom is -0.306 e. The molecule has 2 heterocycles. The van der Waals surface area contributed by atoms with Crippen molar-refractivity contribution in [3.05, 3.63) is 21.3 Å². The topological polar surface area (TPSA) is 12.0 Å². The molecule has 1 aliphatic carbocycles. The standard InChI is InChI=1S/C11H14ClNS/c12-9-4-7-14-10(9)11(8-2-3-8)5-1-6-13-11/h4,7-8,13H,1-3,5-6H2. The van der Waals surface area contributed by atoms with E-state index in [0.717, 1.165) is 17.5 Å². The van der Waals surface area contributed by atoms with Gasteiger partial charge in [0.1, 0.15) is 0 Å². The molecule has 1 nitrogen and oxygen atoms in total. The Hall–Kier alpha value is -0.0500. The number of nitrogens with one attached hydrogen (secondary N) is 1. The van der Waals surface area contributed by atoms with Gasteiger partial charge in [-0.2, -0.15) is 0 Å². The van der Waals surface area contributed by atoms with Gasteiger partial charge in [0.25, 0.3) is 0 Å². The van der Waals surface area contributed by atoms with Crippen LogP contribution in [-0.4, -0.2) is 6.54 Å². The number of hydrogen-bond donors (Lipinski definition) is 1. The summed E-state index contributed by atoms with van der Waals surface area (Å²) in [7, 11) is 0. The molecule has 1 atom stereocenters. The average Bonchev–Trinajstić information content (AvgIpc) is 2.77. The number of thiophene rings is 1. The van der Waals surface area contributed by atoms with Gasteiger partial charge in [-0.05, 0) is 49.6 Å². The van der Waals surface area contributed by atoms with Crippen LogP contribution in [0.25, 0.3) is 0 Å². The van der Waals surface area contributed by atoms with E-state index < -0.39 is 0 Å². The van der Waals surface area contributed by atoms with Crippen molar-refractivity contribution in [3.63, 3.8) is 0 Å². The largest absolute Gasteiger partial charge is 0.306 e. The van der Waals surface area contributed by atoms with Crippen LogP contribution in [0.5, 0.6) is 0 Å². The fourth-order valence-corrected chi connectivity index (χ4v) is 4.19. The number of halogens is 1. The van der Waals surface area contributed by atoms with E-state index in [4.69, 9.17) is 11.6 Å². The van der Waals surface area contributed by atoms with Crippen molar-refractivity contribution in [2.75, 3.05) is 6.54 Å². The Bertz CT molecular complexity index is 337. The maximum atomic E-state index is 6.25. The first-order chi connectivity index (χ1) is 6.83. The van der Waals surface area contributed by atoms with E-state index in [2.05, 4.69) is 10.7 Å². The Kier molecular flexibility index (Phi) is 2.12. The molecule has 2 fully saturated rings.